The summed E-state index contributed by atoms with van der Waals surface area (Å²) < 4.78 is 10.7. The molecular formula is C10H8N4O2. The number of ether oxygens (including phenoxy) is 1. The normalized spacial score (nSPS) is 10.8. The van der Waals surface area contributed by atoms with Crippen LogP contribution in [0.3, 0.4) is 0 Å². The number of H-pyrrole nitrogens is 1. The lowest BCUT2D eigenvalue weighted by Crippen LogP contribution is -1.97. The van der Waals surface area contributed by atoms with Gasteiger partial charge in [-0.05, 0) is 12.1 Å². The largest absolute Gasteiger partial charge is 0.468 e. The first-order valence-corrected chi connectivity index (χ1v) is 4.73. The van der Waals surface area contributed by atoms with E-state index in [-0.39, 0.29) is 0 Å². The van der Waals surface area contributed by atoms with E-state index < -0.39 is 0 Å². The Morgan fingerprint density at radius 3 is 3.19 bits per heavy atom. The number of hydrogen-bond donors (Lipinski definition) is 1. The Balaban J connectivity index is 1.86. The van der Waals surface area contributed by atoms with Crippen molar-refractivity contribution in [1.29, 1.82) is 0 Å². The number of aromatic nitrogens is 4. The summed E-state index contributed by atoms with van der Waals surface area (Å²) in [4.78, 5) is 15.0. The minimum atomic E-state index is 0.331. The van der Waals surface area contributed by atoms with Gasteiger partial charge in [0.15, 0.2) is 5.65 Å². The summed E-state index contributed by atoms with van der Waals surface area (Å²) >= 11 is 0. The van der Waals surface area contributed by atoms with E-state index in [0.717, 1.165) is 5.76 Å². The molecule has 0 atom stereocenters. The molecule has 0 radical (unpaired) electrons. The SMILES string of the molecule is c1coc(COc2ncnc3nc[nH]c23)c1. The molecule has 16 heavy (non-hydrogen) atoms. The highest BCUT2D eigenvalue weighted by atomic mass is 16.5. The van der Waals surface area contributed by atoms with Gasteiger partial charge in [0.25, 0.3) is 0 Å². The maximum absolute atomic E-state index is 5.51. The molecule has 0 aromatic carbocycles. The maximum Gasteiger partial charge on any atom is 0.243 e. The summed E-state index contributed by atoms with van der Waals surface area (Å²) in [6.07, 6.45) is 4.57. The molecular weight excluding hydrogens is 208 g/mol. The van der Waals surface area contributed by atoms with Crippen molar-refractivity contribution in [2.75, 3.05) is 0 Å². The van der Waals surface area contributed by atoms with Gasteiger partial charge >= 0.3 is 0 Å². The molecule has 0 bridgehead atoms. The van der Waals surface area contributed by atoms with Crippen molar-refractivity contribution in [3.8, 4) is 5.88 Å². The fourth-order valence-electron chi connectivity index (χ4n) is 1.39. The van der Waals surface area contributed by atoms with Crippen LogP contribution in [-0.4, -0.2) is 19.9 Å². The van der Waals surface area contributed by atoms with Crippen LogP contribution >= 0.6 is 0 Å². The zero-order valence-electron chi connectivity index (χ0n) is 8.25. The van der Waals surface area contributed by atoms with Crippen molar-refractivity contribution >= 4 is 11.2 Å². The smallest absolute Gasteiger partial charge is 0.243 e. The third-order valence-corrected chi connectivity index (χ3v) is 2.12. The predicted molar refractivity (Wildman–Crippen MR) is 54.7 cm³/mol. The number of furan rings is 1. The molecule has 3 heterocycles. The standard InChI is InChI=1S/C10H8N4O2/c1-2-7(15-3-1)4-16-10-8-9(12-5-11-8)13-6-14-10/h1-3,5-6H,4H2,(H,11,12,13,14). The molecule has 80 valence electrons. The zero-order chi connectivity index (χ0) is 10.8. The highest BCUT2D eigenvalue weighted by Crippen LogP contribution is 2.18. The maximum atomic E-state index is 5.51. The van der Waals surface area contributed by atoms with Crippen LogP contribution in [0.2, 0.25) is 0 Å². The van der Waals surface area contributed by atoms with Gasteiger partial charge in [0.2, 0.25) is 5.88 Å². The minimum Gasteiger partial charge on any atom is -0.468 e. The quantitative estimate of drug-likeness (QED) is 0.718. The van der Waals surface area contributed by atoms with Gasteiger partial charge in [0.05, 0.1) is 12.6 Å². The summed E-state index contributed by atoms with van der Waals surface area (Å²) in [5.41, 5.74) is 1.28. The van der Waals surface area contributed by atoms with Gasteiger partial charge in [-0.1, -0.05) is 0 Å². The van der Waals surface area contributed by atoms with Crippen molar-refractivity contribution in [1.82, 2.24) is 19.9 Å². The monoisotopic (exact) mass is 216 g/mol. The van der Waals surface area contributed by atoms with Crippen LogP contribution in [0.15, 0.2) is 35.5 Å². The van der Waals surface area contributed by atoms with Crippen LogP contribution in [-0.2, 0) is 6.61 Å². The van der Waals surface area contributed by atoms with Gasteiger partial charge in [-0.2, -0.15) is 4.98 Å². The second kappa shape index (κ2) is 3.65. The topological polar surface area (TPSA) is 76.8 Å². The summed E-state index contributed by atoms with van der Waals surface area (Å²) in [6, 6.07) is 3.65. The van der Waals surface area contributed by atoms with Crippen molar-refractivity contribution in [3.05, 3.63) is 36.8 Å². The first-order valence-electron chi connectivity index (χ1n) is 4.73. The highest BCUT2D eigenvalue weighted by Gasteiger charge is 2.07. The molecule has 0 aliphatic heterocycles. The summed E-state index contributed by atoms with van der Waals surface area (Å²) in [6.45, 7) is 0.331. The number of aromatic amines is 1. The number of nitrogens with zero attached hydrogens (tertiary/aromatic N) is 3. The van der Waals surface area contributed by atoms with E-state index in [1.54, 1.807) is 12.6 Å². The summed E-state index contributed by atoms with van der Waals surface area (Å²) in [5, 5.41) is 0. The lowest BCUT2D eigenvalue weighted by molar-refractivity contribution is 0.263. The second-order valence-corrected chi connectivity index (χ2v) is 3.15. The minimum absolute atomic E-state index is 0.331. The van der Waals surface area contributed by atoms with Crippen molar-refractivity contribution in [2.45, 2.75) is 6.61 Å². The number of fused-ring (bicyclic) bond motifs is 1. The molecule has 0 aliphatic carbocycles. The van der Waals surface area contributed by atoms with E-state index in [9.17, 15) is 0 Å². The summed E-state index contributed by atoms with van der Waals surface area (Å²) in [5.74, 6) is 1.21. The van der Waals surface area contributed by atoms with Gasteiger partial charge in [-0.25, -0.2) is 9.97 Å². The Hall–Kier alpha value is -2.37. The molecule has 1 N–H and O–H groups in total. The van der Waals surface area contributed by atoms with Crippen LogP contribution in [0.25, 0.3) is 11.2 Å². The average molecular weight is 216 g/mol. The Labute approximate surface area is 90.3 Å². The molecule has 3 rings (SSSR count). The van der Waals surface area contributed by atoms with Crippen molar-refractivity contribution < 1.29 is 9.15 Å². The molecule has 0 fully saturated rings. The molecule has 3 aromatic rings. The molecule has 3 aromatic heterocycles. The van der Waals surface area contributed by atoms with Crippen LogP contribution in [0.1, 0.15) is 5.76 Å². The predicted octanol–water partition coefficient (Wildman–Crippen LogP) is 1.52. The number of nitrogens with one attached hydrogen (secondary N) is 1. The van der Waals surface area contributed by atoms with Gasteiger partial charge in [-0.3, -0.25) is 0 Å². The van der Waals surface area contributed by atoms with Crippen LogP contribution in [0.5, 0.6) is 5.88 Å². The van der Waals surface area contributed by atoms with Crippen LogP contribution in [0.4, 0.5) is 0 Å². The van der Waals surface area contributed by atoms with E-state index in [4.69, 9.17) is 9.15 Å². The number of rotatable bonds is 3. The van der Waals surface area contributed by atoms with E-state index in [1.165, 1.54) is 6.33 Å². The van der Waals surface area contributed by atoms with E-state index in [2.05, 4.69) is 19.9 Å². The Morgan fingerprint density at radius 2 is 2.31 bits per heavy atom. The van der Waals surface area contributed by atoms with Crippen molar-refractivity contribution in [2.24, 2.45) is 0 Å². The second-order valence-electron chi connectivity index (χ2n) is 3.15. The van der Waals surface area contributed by atoms with E-state index in [1.807, 2.05) is 12.1 Å². The fraction of sp³-hybridized carbons (Fsp3) is 0.100. The molecule has 0 spiro atoms. The Morgan fingerprint density at radius 1 is 1.31 bits per heavy atom. The van der Waals surface area contributed by atoms with E-state index >= 15 is 0 Å². The first-order chi connectivity index (χ1) is 7.93. The fourth-order valence-corrected chi connectivity index (χ4v) is 1.39. The molecule has 0 saturated carbocycles. The van der Waals surface area contributed by atoms with Crippen LogP contribution < -0.4 is 4.74 Å². The third-order valence-electron chi connectivity index (χ3n) is 2.12. The van der Waals surface area contributed by atoms with Gasteiger partial charge in [0, 0.05) is 0 Å². The molecule has 6 heteroatoms. The van der Waals surface area contributed by atoms with E-state index in [0.29, 0.717) is 23.7 Å². The van der Waals surface area contributed by atoms with Crippen molar-refractivity contribution in [3.63, 3.8) is 0 Å². The van der Waals surface area contributed by atoms with Gasteiger partial charge in [0.1, 0.15) is 24.2 Å². The Bertz CT molecular complexity index is 588. The van der Waals surface area contributed by atoms with Gasteiger partial charge < -0.3 is 14.1 Å². The molecule has 0 aliphatic rings. The number of hydrogen-bond acceptors (Lipinski definition) is 5. The lowest BCUT2D eigenvalue weighted by atomic mass is 10.5. The zero-order valence-corrected chi connectivity index (χ0v) is 8.25. The lowest BCUT2D eigenvalue weighted by Gasteiger charge is -2.02. The molecule has 0 amide bonds. The first kappa shape index (κ1) is 8.90. The summed E-state index contributed by atoms with van der Waals surface area (Å²) in [7, 11) is 0. The third kappa shape index (κ3) is 1.50. The average Bonchev–Trinajstić information content (AvgIpc) is 2.97. The molecule has 6 nitrogen and oxygen atoms in total. The highest BCUT2D eigenvalue weighted by molar-refractivity contribution is 5.74. The molecule has 0 unspecified atom stereocenters. The van der Waals surface area contributed by atoms with Gasteiger partial charge in [-0.15, -0.1) is 0 Å². The molecule has 0 saturated heterocycles. The number of imidazole rings is 1. The van der Waals surface area contributed by atoms with Crippen LogP contribution in [0, 0.1) is 0 Å². The Kier molecular flexibility index (Phi) is 2.03.